The molecule has 1 aliphatic heterocycles. The van der Waals surface area contributed by atoms with Crippen molar-refractivity contribution in [3.05, 3.63) is 39.0 Å². The van der Waals surface area contributed by atoms with Crippen LogP contribution in [-0.4, -0.2) is 55.0 Å². The summed E-state index contributed by atoms with van der Waals surface area (Å²) in [6, 6.07) is 2.97. The van der Waals surface area contributed by atoms with E-state index in [-0.39, 0.29) is 40.5 Å². The molecule has 3 rings (SSSR count). The molecule has 0 amide bonds. The maximum atomic E-state index is 12.3. The van der Waals surface area contributed by atoms with E-state index in [1.807, 2.05) is 0 Å². The number of hydrogen-bond acceptors (Lipinski definition) is 7. The quantitative estimate of drug-likeness (QED) is 0.406. The number of aliphatic hydroxyl groups is 3. The summed E-state index contributed by atoms with van der Waals surface area (Å²) < 4.78 is 6.00. The van der Waals surface area contributed by atoms with Gasteiger partial charge in [-0.2, -0.15) is 0 Å². The van der Waals surface area contributed by atoms with Gasteiger partial charge in [-0.1, -0.05) is 0 Å². The third-order valence-corrected chi connectivity index (χ3v) is 3.47. The van der Waals surface area contributed by atoms with E-state index >= 15 is 0 Å². The summed E-state index contributed by atoms with van der Waals surface area (Å²) >= 11 is 0. The number of rotatable bonds is 2. The number of aromatic amines is 1. The first kappa shape index (κ1) is 17.3. The molecule has 0 spiro atoms. The zero-order chi connectivity index (χ0) is 15.1. The molecule has 0 aromatic carbocycles. The maximum absolute atomic E-state index is 12.3. The Bertz CT molecular complexity index is 790. The van der Waals surface area contributed by atoms with Crippen LogP contribution >= 0.6 is 0 Å². The van der Waals surface area contributed by atoms with Crippen LogP contribution in [0.5, 0.6) is 0 Å². The summed E-state index contributed by atoms with van der Waals surface area (Å²) in [5, 5.41) is 31.1. The molecule has 0 aliphatic carbocycles. The van der Waals surface area contributed by atoms with Gasteiger partial charge in [0.05, 0.1) is 12.0 Å². The number of ether oxygens (including phenoxy) is 1. The molecule has 22 heavy (non-hydrogen) atoms. The maximum Gasteiger partial charge on any atom is 1.00 e. The average molecular weight is 318 g/mol. The minimum atomic E-state index is -1.46. The van der Waals surface area contributed by atoms with Crippen molar-refractivity contribution in [2.24, 2.45) is 0 Å². The van der Waals surface area contributed by atoms with Gasteiger partial charge >= 0.3 is 29.6 Å². The van der Waals surface area contributed by atoms with E-state index in [0.29, 0.717) is 0 Å². The Morgan fingerprint density at radius 3 is 2.68 bits per heavy atom. The van der Waals surface area contributed by atoms with E-state index in [1.54, 1.807) is 0 Å². The average Bonchev–Trinajstić information content (AvgIpc) is 2.79. The van der Waals surface area contributed by atoms with Crippen LogP contribution in [0.3, 0.4) is 0 Å². The normalized spacial score (nSPS) is 27.8. The largest absolute Gasteiger partial charge is 1.00 e. The zero-order valence-electron chi connectivity index (χ0n) is 11.7. The van der Waals surface area contributed by atoms with Crippen molar-refractivity contribution in [3.63, 3.8) is 0 Å². The zero-order valence-corrected chi connectivity index (χ0v) is 13.7. The van der Waals surface area contributed by atoms with Gasteiger partial charge in [-0.3, -0.25) is 19.7 Å². The standard InChI is InChI=1S/C12H13N3O6.Na/c16-4-6-8(17)9(18)12(21-6)15-11(20)7-5(10(19)14-15)2-1-3-13-7;/h1-3,6,8-9,12,16-18H,4H2,(H,14,19);/q;+1/t6-,8-,9-,12-;/m1./s1. The van der Waals surface area contributed by atoms with Crippen molar-refractivity contribution in [2.75, 3.05) is 6.61 Å². The van der Waals surface area contributed by atoms with Gasteiger partial charge in [0, 0.05) is 6.20 Å². The molecule has 1 fully saturated rings. The predicted octanol–water partition coefficient (Wildman–Crippen LogP) is -5.30. The van der Waals surface area contributed by atoms with Crippen LogP contribution in [0.25, 0.3) is 10.9 Å². The molecule has 0 radical (unpaired) electrons. The Morgan fingerprint density at radius 2 is 2.05 bits per heavy atom. The van der Waals surface area contributed by atoms with Crippen molar-refractivity contribution >= 4 is 10.9 Å². The Morgan fingerprint density at radius 1 is 1.32 bits per heavy atom. The molecule has 4 atom stereocenters. The van der Waals surface area contributed by atoms with Crippen LogP contribution in [0.4, 0.5) is 0 Å². The van der Waals surface area contributed by atoms with Gasteiger partial charge in [0.1, 0.15) is 23.8 Å². The summed E-state index contributed by atoms with van der Waals surface area (Å²) in [5.41, 5.74) is -1.31. The molecule has 2 aromatic heterocycles. The first-order chi connectivity index (χ1) is 10.0. The number of nitrogens with zero attached hydrogens (tertiary/aromatic N) is 2. The van der Waals surface area contributed by atoms with Crippen molar-refractivity contribution in [1.29, 1.82) is 0 Å². The summed E-state index contributed by atoms with van der Waals surface area (Å²) in [6.45, 7) is -0.528. The summed E-state index contributed by atoms with van der Waals surface area (Å²) in [6.07, 6.45) is -3.81. The van der Waals surface area contributed by atoms with Gasteiger partial charge in [0.15, 0.2) is 6.23 Å². The van der Waals surface area contributed by atoms with Gasteiger partial charge < -0.3 is 20.1 Å². The van der Waals surface area contributed by atoms with Gasteiger partial charge in [0.2, 0.25) is 0 Å². The molecule has 3 heterocycles. The Kier molecular flexibility index (Phi) is 5.17. The first-order valence-corrected chi connectivity index (χ1v) is 6.26. The second kappa shape index (κ2) is 6.59. The molecule has 4 N–H and O–H groups in total. The monoisotopic (exact) mass is 318 g/mol. The predicted molar refractivity (Wildman–Crippen MR) is 69.6 cm³/mol. The summed E-state index contributed by atoms with van der Waals surface area (Å²) in [7, 11) is 0. The number of nitrogens with one attached hydrogen (secondary N) is 1. The molecule has 1 saturated heterocycles. The van der Waals surface area contributed by atoms with Crippen LogP contribution in [0, 0.1) is 0 Å². The number of H-pyrrole nitrogens is 1. The van der Waals surface area contributed by atoms with Crippen LogP contribution in [0.1, 0.15) is 6.23 Å². The fourth-order valence-corrected chi connectivity index (χ4v) is 2.37. The smallest absolute Gasteiger partial charge is 0.394 e. The van der Waals surface area contributed by atoms with Gasteiger partial charge in [0.25, 0.3) is 11.1 Å². The number of aliphatic hydroxyl groups excluding tert-OH is 3. The Balaban J connectivity index is 0.00000176. The third-order valence-electron chi connectivity index (χ3n) is 3.47. The molecule has 2 aromatic rings. The van der Waals surface area contributed by atoms with Crippen LogP contribution < -0.4 is 40.7 Å². The van der Waals surface area contributed by atoms with Gasteiger partial charge in [-0.15, -0.1) is 0 Å². The fourth-order valence-electron chi connectivity index (χ4n) is 2.37. The van der Waals surface area contributed by atoms with E-state index < -0.39 is 42.3 Å². The second-order valence-electron chi connectivity index (χ2n) is 4.74. The number of hydrogen-bond donors (Lipinski definition) is 4. The topological polar surface area (TPSA) is 138 Å². The number of pyridine rings is 1. The fraction of sp³-hybridized carbons (Fsp3) is 0.417. The number of fused-ring (bicyclic) bond motifs is 1. The van der Waals surface area contributed by atoms with Crippen molar-refractivity contribution in [1.82, 2.24) is 14.8 Å². The van der Waals surface area contributed by atoms with Gasteiger partial charge in [-0.05, 0) is 12.1 Å². The van der Waals surface area contributed by atoms with Crippen molar-refractivity contribution in [3.8, 4) is 0 Å². The van der Waals surface area contributed by atoms with Crippen molar-refractivity contribution in [2.45, 2.75) is 24.5 Å². The van der Waals surface area contributed by atoms with E-state index in [9.17, 15) is 19.8 Å². The SMILES string of the molecule is O=c1[nH]n([C@@H]2O[C@H](CO)[C@@H](O)[C@H]2O)c(=O)c2ncccc12.[Na+]. The van der Waals surface area contributed by atoms with Crippen LogP contribution in [-0.2, 0) is 4.74 Å². The first-order valence-electron chi connectivity index (χ1n) is 6.26. The molecule has 0 bridgehead atoms. The number of aromatic nitrogens is 3. The molecule has 10 heteroatoms. The Hall–Kier alpha value is -1.07. The second-order valence-corrected chi connectivity index (χ2v) is 4.74. The molecular formula is C12H13N3NaO6+. The van der Waals surface area contributed by atoms with Crippen LogP contribution in [0.2, 0.25) is 0 Å². The molecule has 0 saturated carbocycles. The van der Waals surface area contributed by atoms with E-state index in [0.717, 1.165) is 4.68 Å². The van der Waals surface area contributed by atoms with Gasteiger partial charge in [-0.25, -0.2) is 4.68 Å². The molecule has 0 unspecified atom stereocenters. The van der Waals surface area contributed by atoms with Crippen molar-refractivity contribution < 1.29 is 49.6 Å². The van der Waals surface area contributed by atoms with E-state index in [4.69, 9.17) is 9.84 Å². The van der Waals surface area contributed by atoms with Crippen LogP contribution in [0.15, 0.2) is 27.9 Å². The molecule has 1 aliphatic rings. The summed E-state index contributed by atoms with van der Waals surface area (Å²) in [4.78, 5) is 28.1. The van der Waals surface area contributed by atoms with E-state index in [1.165, 1.54) is 18.3 Å². The minimum absolute atomic E-state index is 0. The van der Waals surface area contributed by atoms with E-state index in [2.05, 4.69) is 10.1 Å². The Labute approximate surface area is 145 Å². The third kappa shape index (κ3) is 2.65. The molecular weight excluding hydrogens is 305 g/mol. The summed E-state index contributed by atoms with van der Waals surface area (Å²) in [5.74, 6) is 0. The molecule has 112 valence electrons. The molecule has 9 nitrogen and oxygen atoms in total. The minimum Gasteiger partial charge on any atom is -0.394 e.